The maximum atomic E-state index is 11.3. The summed E-state index contributed by atoms with van der Waals surface area (Å²) in [5.41, 5.74) is 2.81. The van der Waals surface area contributed by atoms with Gasteiger partial charge in [-0.15, -0.1) is 0 Å². The van der Waals surface area contributed by atoms with Gasteiger partial charge in [0, 0.05) is 21.5 Å². The average Bonchev–Trinajstić information content (AvgIpc) is 2.43. The summed E-state index contributed by atoms with van der Waals surface area (Å²) >= 11 is 5.44. The highest BCUT2D eigenvalue weighted by molar-refractivity contribution is 14.1. The molecular weight excluding hydrogens is 419 g/mol. The number of alkyl halides is 1. The van der Waals surface area contributed by atoms with Crippen LogP contribution < -0.4 is 10.6 Å². The number of nitrogens with one attached hydrogen (secondary N) is 2. The molecule has 0 atom stereocenters. The fourth-order valence-corrected chi connectivity index (χ4v) is 1.99. The van der Waals surface area contributed by atoms with E-state index >= 15 is 0 Å². The molecule has 0 aliphatic heterocycles. The van der Waals surface area contributed by atoms with Gasteiger partial charge in [-0.2, -0.15) is 0 Å². The van der Waals surface area contributed by atoms with Crippen molar-refractivity contribution in [1.82, 2.24) is 0 Å². The van der Waals surface area contributed by atoms with E-state index in [0.29, 0.717) is 4.43 Å². The Hall–Kier alpha value is -1.08. The Kier molecular flexibility index (Phi) is 5.21. The molecule has 0 aliphatic rings. The zero-order valence-electron chi connectivity index (χ0n) is 9.99. The predicted octanol–water partition coefficient (Wildman–Crippen LogP) is 4.57. The molecule has 5 heteroatoms. The molecule has 2 N–H and O–H groups in total. The van der Waals surface area contributed by atoms with Crippen molar-refractivity contribution < 1.29 is 4.79 Å². The van der Waals surface area contributed by atoms with Gasteiger partial charge >= 0.3 is 0 Å². The fourth-order valence-electron chi connectivity index (χ4n) is 1.53. The van der Waals surface area contributed by atoms with Gasteiger partial charge in [0.2, 0.25) is 5.91 Å². The number of amides is 1. The second-order valence-electron chi connectivity index (χ2n) is 3.89. The van der Waals surface area contributed by atoms with E-state index in [1.54, 1.807) is 0 Å². The highest BCUT2D eigenvalue weighted by Crippen LogP contribution is 2.20. The minimum atomic E-state index is 0.00854. The van der Waals surface area contributed by atoms with Crippen molar-refractivity contribution in [2.45, 2.75) is 0 Å². The fraction of sp³-hybridized carbons (Fsp3) is 0.0714. The van der Waals surface area contributed by atoms with Gasteiger partial charge in [0.15, 0.2) is 0 Å². The summed E-state index contributed by atoms with van der Waals surface area (Å²) in [5, 5.41) is 6.10. The Balaban J connectivity index is 2.02. The van der Waals surface area contributed by atoms with Crippen molar-refractivity contribution in [2.24, 2.45) is 0 Å². The van der Waals surface area contributed by atoms with E-state index in [-0.39, 0.29) is 5.91 Å². The van der Waals surface area contributed by atoms with Crippen LogP contribution in [0.4, 0.5) is 17.1 Å². The van der Waals surface area contributed by atoms with Crippen LogP contribution >= 0.6 is 38.5 Å². The van der Waals surface area contributed by atoms with E-state index in [1.165, 1.54) is 0 Å². The number of benzene rings is 2. The second-order valence-corrected chi connectivity index (χ2v) is 5.57. The van der Waals surface area contributed by atoms with E-state index in [2.05, 4.69) is 26.6 Å². The first-order valence-corrected chi connectivity index (χ1v) is 7.98. The molecule has 0 saturated carbocycles. The Morgan fingerprint density at radius 2 is 1.42 bits per heavy atom. The Morgan fingerprint density at radius 3 is 1.95 bits per heavy atom. The maximum absolute atomic E-state index is 11.3. The molecule has 0 fully saturated rings. The Bertz CT molecular complexity index is 555. The number of anilines is 3. The monoisotopic (exact) mass is 430 g/mol. The summed E-state index contributed by atoms with van der Waals surface area (Å²) in [6.07, 6.45) is 0. The van der Waals surface area contributed by atoms with Crippen LogP contribution in [0.15, 0.2) is 53.0 Å². The molecule has 19 heavy (non-hydrogen) atoms. The van der Waals surface area contributed by atoms with Crippen molar-refractivity contribution >= 4 is 61.5 Å². The summed E-state index contributed by atoms with van der Waals surface area (Å²) in [6, 6.07) is 15.6. The van der Waals surface area contributed by atoms with Crippen molar-refractivity contribution in [1.29, 1.82) is 0 Å². The highest BCUT2D eigenvalue weighted by atomic mass is 127. The maximum Gasteiger partial charge on any atom is 0.234 e. The van der Waals surface area contributed by atoms with Gasteiger partial charge in [0.05, 0.1) is 4.43 Å². The summed E-state index contributed by atoms with van der Waals surface area (Å²) in [5.74, 6) is 0.00854. The normalized spacial score (nSPS) is 10.0. The molecule has 3 nitrogen and oxygen atoms in total. The number of halogens is 2. The van der Waals surface area contributed by atoms with Crippen LogP contribution in [0.2, 0.25) is 0 Å². The van der Waals surface area contributed by atoms with Crippen LogP contribution in [0.25, 0.3) is 0 Å². The molecule has 0 radical (unpaired) electrons. The molecule has 2 rings (SSSR count). The zero-order chi connectivity index (χ0) is 13.7. The molecule has 98 valence electrons. The third kappa shape index (κ3) is 4.50. The van der Waals surface area contributed by atoms with Gasteiger partial charge in [-0.1, -0.05) is 38.5 Å². The second kappa shape index (κ2) is 6.91. The predicted molar refractivity (Wildman–Crippen MR) is 91.4 cm³/mol. The third-order valence-electron chi connectivity index (χ3n) is 2.42. The summed E-state index contributed by atoms with van der Waals surface area (Å²) in [4.78, 5) is 11.3. The lowest BCUT2D eigenvalue weighted by atomic mass is 10.2. The third-order valence-corrected chi connectivity index (χ3v) is 3.64. The molecule has 0 heterocycles. The van der Waals surface area contributed by atoms with E-state index in [1.807, 2.05) is 71.1 Å². The average molecular weight is 431 g/mol. The van der Waals surface area contributed by atoms with E-state index in [0.717, 1.165) is 21.5 Å². The first-order valence-electron chi connectivity index (χ1n) is 5.66. The minimum Gasteiger partial charge on any atom is -0.356 e. The summed E-state index contributed by atoms with van der Waals surface area (Å²) < 4.78 is 1.51. The van der Waals surface area contributed by atoms with Crippen LogP contribution in [0, 0.1) is 0 Å². The molecule has 0 aromatic heterocycles. The first kappa shape index (κ1) is 14.3. The molecular formula is C14H12BrIN2O. The van der Waals surface area contributed by atoms with E-state index in [9.17, 15) is 4.79 Å². The minimum absolute atomic E-state index is 0.00854. The number of hydrogen-bond donors (Lipinski definition) is 2. The molecule has 2 aromatic carbocycles. The van der Waals surface area contributed by atoms with Crippen LogP contribution in [0.3, 0.4) is 0 Å². The number of carbonyl (C=O) groups excluding carboxylic acids is 1. The van der Waals surface area contributed by atoms with Gasteiger partial charge in [-0.25, -0.2) is 0 Å². The van der Waals surface area contributed by atoms with Crippen molar-refractivity contribution in [3.8, 4) is 0 Å². The molecule has 0 saturated heterocycles. The Labute approximate surface area is 134 Å². The van der Waals surface area contributed by atoms with Gasteiger partial charge in [0.25, 0.3) is 0 Å². The highest BCUT2D eigenvalue weighted by Gasteiger charge is 2.00. The standard InChI is InChI=1S/C14H12BrIN2O/c15-10-1-3-11(4-2-10)17-12-5-7-13(8-6-12)18-14(19)9-16/h1-8,17H,9H2,(H,18,19). The van der Waals surface area contributed by atoms with Gasteiger partial charge in [-0.05, 0) is 48.5 Å². The lowest BCUT2D eigenvalue weighted by Crippen LogP contribution is -2.11. The van der Waals surface area contributed by atoms with E-state index in [4.69, 9.17) is 0 Å². The van der Waals surface area contributed by atoms with Gasteiger partial charge < -0.3 is 10.6 Å². The van der Waals surface area contributed by atoms with Crippen LogP contribution in [0.5, 0.6) is 0 Å². The summed E-state index contributed by atoms with van der Waals surface area (Å²) in [7, 11) is 0. The topological polar surface area (TPSA) is 41.1 Å². The van der Waals surface area contributed by atoms with Crippen molar-refractivity contribution in [3.05, 3.63) is 53.0 Å². The van der Waals surface area contributed by atoms with Crippen LogP contribution in [-0.2, 0) is 4.79 Å². The first-order chi connectivity index (χ1) is 9.17. The SMILES string of the molecule is O=C(CI)Nc1ccc(Nc2ccc(Br)cc2)cc1. The molecule has 2 aromatic rings. The lowest BCUT2D eigenvalue weighted by Gasteiger charge is -2.08. The van der Waals surface area contributed by atoms with Gasteiger partial charge in [-0.3, -0.25) is 4.79 Å². The van der Waals surface area contributed by atoms with Crippen molar-refractivity contribution in [2.75, 3.05) is 15.1 Å². The van der Waals surface area contributed by atoms with Gasteiger partial charge in [0.1, 0.15) is 0 Å². The Morgan fingerprint density at radius 1 is 0.947 bits per heavy atom. The largest absolute Gasteiger partial charge is 0.356 e. The lowest BCUT2D eigenvalue weighted by molar-refractivity contribution is -0.113. The molecule has 0 unspecified atom stereocenters. The number of rotatable bonds is 4. The van der Waals surface area contributed by atoms with E-state index < -0.39 is 0 Å². The van der Waals surface area contributed by atoms with Crippen LogP contribution in [-0.4, -0.2) is 10.3 Å². The molecule has 0 aliphatic carbocycles. The number of carbonyl (C=O) groups is 1. The molecule has 1 amide bonds. The number of hydrogen-bond acceptors (Lipinski definition) is 2. The van der Waals surface area contributed by atoms with Crippen LogP contribution in [0.1, 0.15) is 0 Å². The quantitative estimate of drug-likeness (QED) is 0.551. The van der Waals surface area contributed by atoms with Crippen molar-refractivity contribution in [3.63, 3.8) is 0 Å². The smallest absolute Gasteiger partial charge is 0.234 e. The zero-order valence-corrected chi connectivity index (χ0v) is 13.7. The molecule has 0 spiro atoms. The molecule has 0 bridgehead atoms. The summed E-state index contributed by atoms with van der Waals surface area (Å²) in [6.45, 7) is 0.